The first-order valence-corrected chi connectivity index (χ1v) is 5.40. The van der Waals surface area contributed by atoms with E-state index < -0.39 is 6.10 Å². The number of ether oxygens (including phenoxy) is 1. The molecule has 1 aliphatic rings. The minimum absolute atomic E-state index is 0.329. The molecule has 0 aromatic rings. The summed E-state index contributed by atoms with van der Waals surface area (Å²) < 4.78 is 5.61. The van der Waals surface area contributed by atoms with Crippen LogP contribution in [0.3, 0.4) is 0 Å². The van der Waals surface area contributed by atoms with E-state index >= 15 is 0 Å². The molecule has 0 saturated carbocycles. The van der Waals surface area contributed by atoms with Gasteiger partial charge in [-0.25, -0.2) is 0 Å². The van der Waals surface area contributed by atoms with Crippen LogP contribution in [0.4, 0.5) is 0 Å². The van der Waals surface area contributed by atoms with E-state index in [4.69, 9.17) is 10.5 Å². The maximum absolute atomic E-state index is 9.35. The minimum Gasteiger partial charge on any atom is -0.390 e. The zero-order chi connectivity index (χ0) is 10.4. The first-order valence-electron chi connectivity index (χ1n) is 5.40. The van der Waals surface area contributed by atoms with Gasteiger partial charge in [0.25, 0.3) is 0 Å². The zero-order valence-corrected chi connectivity index (χ0v) is 8.98. The van der Waals surface area contributed by atoms with Crippen LogP contribution in [0.2, 0.25) is 0 Å². The topological polar surface area (TPSA) is 58.7 Å². The van der Waals surface area contributed by atoms with Crippen molar-refractivity contribution in [2.24, 2.45) is 5.73 Å². The fourth-order valence-corrected chi connectivity index (χ4v) is 1.81. The molecular formula is C10H22N2O2. The number of nitrogens with two attached hydrogens (primary N) is 1. The van der Waals surface area contributed by atoms with Gasteiger partial charge in [0.1, 0.15) is 0 Å². The molecule has 4 heteroatoms. The molecule has 1 aliphatic heterocycles. The van der Waals surface area contributed by atoms with Gasteiger partial charge in [-0.3, -0.25) is 0 Å². The summed E-state index contributed by atoms with van der Waals surface area (Å²) in [4.78, 5) is 2.09. The number of rotatable bonds is 5. The van der Waals surface area contributed by atoms with Crippen molar-refractivity contribution < 1.29 is 9.84 Å². The highest BCUT2D eigenvalue weighted by Crippen LogP contribution is 2.13. The summed E-state index contributed by atoms with van der Waals surface area (Å²) >= 11 is 0. The van der Waals surface area contributed by atoms with Crippen LogP contribution < -0.4 is 5.73 Å². The minimum atomic E-state index is -0.413. The highest BCUT2D eigenvalue weighted by Gasteiger charge is 2.16. The van der Waals surface area contributed by atoms with Crippen molar-refractivity contribution in [1.82, 2.24) is 4.90 Å². The Balaban J connectivity index is 2.14. The number of aliphatic hydroxyl groups is 1. The van der Waals surface area contributed by atoms with E-state index in [-0.39, 0.29) is 0 Å². The molecular weight excluding hydrogens is 180 g/mol. The normalized spacial score (nSPS) is 25.3. The fourth-order valence-electron chi connectivity index (χ4n) is 1.81. The third kappa shape index (κ3) is 4.37. The quantitative estimate of drug-likeness (QED) is 0.648. The van der Waals surface area contributed by atoms with E-state index in [2.05, 4.69) is 4.90 Å². The first kappa shape index (κ1) is 11.9. The molecule has 1 rings (SSSR count). The Kier molecular flexibility index (Phi) is 5.40. The van der Waals surface area contributed by atoms with Crippen molar-refractivity contribution in [2.45, 2.75) is 31.5 Å². The monoisotopic (exact) mass is 202 g/mol. The van der Waals surface area contributed by atoms with Crippen molar-refractivity contribution in [2.75, 3.05) is 33.3 Å². The van der Waals surface area contributed by atoms with Crippen molar-refractivity contribution in [3.63, 3.8) is 0 Å². The van der Waals surface area contributed by atoms with Gasteiger partial charge in [0.2, 0.25) is 0 Å². The van der Waals surface area contributed by atoms with Crippen LogP contribution in [0.25, 0.3) is 0 Å². The lowest BCUT2D eigenvalue weighted by Crippen LogP contribution is -2.39. The summed E-state index contributed by atoms with van der Waals surface area (Å²) in [7, 11) is 2.00. The Labute approximate surface area is 86.0 Å². The Morgan fingerprint density at radius 1 is 1.57 bits per heavy atom. The Bertz CT molecular complexity index is 149. The molecule has 84 valence electrons. The van der Waals surface area contributed by atoms with Crippen LogP contribution in [-0.4, -0.2) is 55.5 Å². The van der Waals surface area contributed by atoms with Gasteiger partial charge in [0.05, 0.1) is 12.2 Å². The van der Waals surface area contributed by atoms with Crippen molar-refractivity contribution >= 4 is 0 Å². The highest BCUT2D eigenvalue weighted by atomic mass is 16.5. The number of hydrogen-bond donors (Lipinski definition) is 2. The van der Waals surface area contributed by atoms with Crippen LogP contribution in [0.5, 0.6) is 0 Å². The van der Waals surface area contributed by atoms with Gasteiger partial charge in [0, 0.05) is 26.2 Å². The average Bonchev–Trinajstić information content (AvgIpc) is 2.19. The van der Waals surface area contributed by atoms with E-state index in [1.165, 1.54) is 12.8 Å². The maximum Gasteiger partial charge on any atom is 0.0789 e. The molecule has 3 N–H and O–H groups in total. The third-order valence-corrected chi connectivity index (χ3v) is 2.58. The molecule has 0 aromatic carbocycles. The van der Waals surface area contributed by atoms with Gasteiger partial charge in [-0.1, -0.05) is 0 Å². The molecule has 0 aliphatic carbocycles. The summed E-state index contributed by atoms with van der Waals surface area (Å²) in [5, 5.41) is 9.35. The molecule has 4 nitrogen and oxygen atoms in total. The molecule has 0 radical (unpaired) electrons. The van der Waals surface area contributed by atoms with Gasteiger partial charge in [-0.15, -0.1) is 0 Å². The molecule has 2 atom stereocenters. The molecule has 0 aromatic heterocycles. The lowest BCUT2D eigenvalue weighted by Gasteiger charge is -2.28. The summed E-state index contributed by atoms with van der Waals surface area (Å²) in [5.41, 5.74) is 5.35. The molecule has 0 bridgehead atoms. The Hall–Kier alpha value is -0.160. The summed E-state index contributed by atoms with van der Waals surface area (Å²) in [5.74, 6) is 0. The zero-order valence-electron chi connectivity index (χ0n) is 8.98. The molecule has 1 saturated heterocycles. The molecule has 2 unspecified atom stereocenters. The standard InChI is InChI=1S/C10H22N2O2/c1-12(7-9(13)6-11)8-10-4-2-3-5-14-10/h9-10,13H,2-8,11H2,1H3. The summed E-state index contributed by atoms with van der Waals surface area (Å²) in [6.45, 7) is 2.75. The molecule has 1 fully saturated rings. The van der Waals surface area contributed by atoms with Gasteiger partial charge in [-0.05, 0) is 26.3 Å². The summed E-state index contributed by atoms with van der Waals surface area (Å²) in [6.07, 6.45) is 3.52. The lowest BCUT2D eigenvalue weighted by atomic mass is 10.1. The number of nitrogens with zero attached hydrogens (tertiary/aromatic N) is 1. The number of aliphatic hydroxyl groups excluding tert-OH is 1. The maximum atomic E-state index is 9.35. The third-order valence-electron chi connectivity index (χ3n) is 2.58. The second-order valence-corrected chi connectivity index (χ2v) is 4.10. The first-order chi connectivity index (χ1) is 6.72. The highest BCUT2D eigenvalue weighted by molar-refractivity contribution is 4.69. The smallest absolute Gasteiger partial charge is 0.0789 e. The van der Waals surface area contributed by atoms with Crippen molar-refractivity contribution in [3.05, 3.63) is 0 Å². The second kappa shape index (κ2) is 6.35. The Morgan fingerprint density at radius 2 is 2.36 bits per heavy atom. The molecule has 0 spiro atoms. The van der Waals surface area contributed by atoms with Crippen molar-refractivity contribution in [3.8, 4) is 0 Å². The summed E-state index contributed by atoms with van der Waals surface area (Å²) in [6, 6.07) is 0. The second-order valence-electron chi connectivity index (χ2n) is 4.10. The fraction of sp³-hybridized carbons (Fsp3) is 1.00. The van der Waals surface area contributed by atoms with E-state index in [0.717, 1.165) is 19.6 Å². The van der Waals surface area contributed by atoms with E-state index in [1.807, 2.05) is 7.05 Å². The van der Waals surface area contributed by atoms with Gasteiger partial charge >= 0.3 is 0 Å². The SMILES string of the molecule is CN(CC(O)CN)CC1CCCCO1. The lowest BCUT2D eigenvalue weighted by molar-refractivity contribution is -0.00726. The van der Waals surface area contributed by atoms with E-state index in [1.54, 1.807) is 0 Å². The van der Waals surface area contributed by atoms with Crippen LogP contribution in [0.15, 0.2) is 0 Å². The average molecular weight is 202 g/mol. The molecule has 1 heterocycles. The Morgan fingerprint density at radius 3 is 2.93 bits per heavy atom. The van der Waals surface area contributed by atoms with Crippen LogP contribution in [0.1, 0.15) is 19.3 Å². The van der Waals surface area contributed by atoms with Crippen LogP contribution in [0, 0.1) is 0 Å². The van der Waals surface area contributed by atoms with E-state index in [0.29, 0.717) is 19.2 Å². The predicted molar refractivity (Wildman–Crippen MR) is 56.1 cm³/mol. The van der Waals surface area contributed by atoms with Crippen LogP contribution >= 0.6 is 0 Å². The predicted octanol–water partition coefficient (Wildman–Crippen LogP) is -0.193. The van der Waals surface area contributed by atoms with E-state index in [9.17, 15) is 5.11 Å². The number of likely N-dealkylation sites (N-methyl/N-ethyl adjacent to an activating group) is 1. The van der Waals surface area contributed by atoms with Crippen molar-refractivity contribution in [1.29, 1.82) is 0 Å². The number of hydrogen-bond acceptors (Lipinski definition) is 4. The van der Waals surface area contributed by atoms with Gasteiger partial charge in [-0.2, -0.15) is 0 Å². The largest absolute Gasteiger partial charge is 0.390 e. The van der Waals surface area contributed by atoms with Crippen LogP contribution in [-0.2, 0) is 4.74 Å². The van der Waals surface area contributed by atoms with Gasteiger partial charge < -0.3 is 20.5 Å². The molecule has 0 amide bonds. The molecule has 14 heavy (non-hydrogen) atoms. The van der Waals surface area contributed by atoms with Gasteiger partial charge in [0.15, 0.2) is 0 Å².